The van der Waals surface area contributed by atoms with E-state index in [0.717, 1.165) is 25.9 Å². The summed E-state index contributed by atoms with van der Waals surface area (Å²) in [4.78, 5) is 25.3. The molecule has 110 valence electrons. The van der Waals surface area contributed by atoms with Crippen LogP contribution in [0, 0.1) is 11.8 Å². The highest BCUT2D eigenvalue weighted by molar-refractivity contribution is 5.96. The molecule has 21 heavy (non-hydrogen) atoms. The van der Waals surface area contributed by atoms with Crippen LogP contribution in [-0.2, 0) is 4.74 Å². The third kappa shape index (κ3) is 1.95. The van der Waals surface area contributed by atoms with Crippen LogP contribution in [0.3, 0.4) is 0 Å². The number of nitrogens with zero attached hydrogens (tertiary/aromatic N) is 1. The maximum Gasteiger partial charge on any atom is 0.335 e. The van der Waals surface area contributed by atoms with Crippen molar-refractivity contribution in [3.05, 3.63) is 35.4 Å². The van der Waals surface area contributed by atoms with Crippen molar-refractivity contribution >= 4 is 11.9 Å². The average Bonchev–Trinajstić information content (AvgIpc) is 3.18. The highest BCUT2D eigenvalue weighted by atomic mass is 16.5. The number of carboxylic acids is 1. The van der Waals surface area contributed by atoms with E-state index in [4.69, 9.17) is 9.84 Å². The van der Waals surface area contributed by atoms with Crippen LogP contribution < -0.4 is 0 Å². The van der Waals surface area contributed by atoms with E-state index in [2.05, 4.69) is 0 Å². The Balaban J connectivity index is 1.50. The first kappa shape index (κ1) is 12.8. The number of fused-ring (bicyclic) bond motifs is 5. The van der Waals surface area contributed by atoms with Gasteiger partial charge in [0.05, 0.1) is 17.8 Å². The zero-order chi connectivity index (χ0) is 14.6. The normalized spacial score (nSPS) is 33.2. The fourth-order valence-corrected chi connectivity index (χ4v) is 4.06. The van der Waals surface area contributed by atoms with E-state index in [1.165, 1.54) is 12.1 Å². The highest BCUT2D eigenvalue weighted by Gasteiger charge is 2.53. The van der Waals surface area contributed by atoms with Crippen LogP contribution in [0.25, 0.3) is 0 Å². The molecule has 1 aromatic rings. The molecular weight excluding hydrogens is 270 g/mol. The Morgan fingerprint density at radius 2 is 1.52 bits per heavy atom. The number of ether oxygens (including phenoxy) is 1. The van der Waals surface area contributed by atoms with Crippen LogP contribution in [0.1, 0.15) is 33.6 Å². The van der Waals surface area contributed by atoms with Crippen molar-refractivity contribution in [2.45, 2.75) is 25.0 Å². The lowest BCUT2D eigenvalue weighted by Gasteiger charge is -2.19. The summed E-state index contributed by atoms with van der Waals surface area (Å²) in [5.41, 5.74) is 0.768. The fraction of sp³-hybridized carbons (Fsp3) is 0.500. The minimum absolute atomic E-state index is 0.000684. The van der Waals surface area contributed by atoms with Crippen molar-refractivity contribution in [1.82, 2.24) is 4.90 Å². The number of hydrogen-bond donors (Lipinski definition) is 1. The number of likely N-dealkylation sites (tertiary alicyclic amines) is 1. The molecule has 5 heteroatoms. The van der Waals surface area contributed by atoms with E-state index in [9.17, 15) is 9.59 Å². The van der Waals surface area contributed by atoms with Gasteiger partial charge in [0.15, 0.2) is 0 Å². The smallest absolute Gasteiger partial charge is 0.335 e. The number of carboxylic acid groups (broad SMARTS) is 1. The van der Waals surface area contributed by atoms with Gasteiger partial charge in [0.1, 0.15) is 0 Å². The average molecular weight is 287 g/mol. The molecule has 4 atom stereocenters. The molecule has 0 unspecified atom stereocenters. The quantitative estimate of drug-likeness (QED) is 0.898. The first-order valence-corrected chi connectivity index (χ1v) is 7.41. The second kappa shape index (κ2) is 4.56. The van der Waals surface area contributed by atoms with E-state index < -0.39 is 5.97 Å². The molecule has 3 aliphatic heterocycles. The molecule has 2 bridgehead atoms. The number of rotatable bonds is 2. The van der Waals surface area contributed by atoms with Gasteiger partial charge in [-0.2, -0.15) is 0 Å². The number of hydrogen-bond acceptors (Lipinski definition) is 3. The number of benzene rings is 1. The predicted molar refractivity (Wildman–Crippen MR) is 74.2 cm³/mol. The van der Waals surface area contributed by atoms with E-state index in [1.807, 2.05) is 4.90 Å². The Bertz CT molecular complexity index is 579. The van der Waals surface area contributed by atoms with E-state index in [1.54, 1.807) is 12.1 Å². The Morgan fingerprint density at radius 3 is 2.05 bits per heavy atom. The largest absolute Gasteiger partial charge is 0.478 e. The van der Waals surface area contributed by atoms with Crippen molar-refractivity contribution in [3.63, 3.8) is 0 Å². The van der Waals surface area contributed by atoms with Gasteiger partial charge >= 0.3 is 5.97 Å². The van der Waals surface area contributed by atoms with E-state index >= 15 is 0 Å². The zero-order valence-electron chi connectivity index (χ0n) is 11.6. The van der Waals surface area contributed by atoms with Gasteiger partial charge in [0, 0.05) is 30.5 Å². The molecule has 1 N–H and O–H groups in total. The number of carbonyl (C=O) groups is 2. The van der Waals surface area contributed by atoms with Crippen molar-refractivity contribution < 1.29 is 19.4 Å². The molecule has 0 aromatic heterocycles. The summed E-state index contributed by atoms with van der Waals surface area (Å²) < 4.78 is 5.91. The van der Waals surface area contributed by atoms with Gasteiger partial charge in [-0.3, -0.25) is 4.79 Å². The SMILES string of the molecule is O=C(O)c1ccc(C(=O)N2C[C@H]3[C@H](C2)[C@H]2CC[C@H]3O2)cc1. The second-order valence-corrected chi connectivity index (χ2v) is 6.21. The topological polar surface area (TPSA) is 66.8 Å². The minimum Gasteiger partial charge on any atom is -0.478 e. The lowest BCUT2D eigenvalue weighted by Crippen LogP contribution is -2.31. The molecule has 0 saturated carbocycles. The van der Waals surface area contributed by atoms with Gasteiger partial charge < -0.3 is 14.7 Å². The van der Waals surface area contributed by atoms with Gasteiger partial charge in [-0.15, -0.1) is 0 Å². The molecule has 0 aliphatic carbocycles. The standard InChI is InChI=1S/C16H17NO4/c18-15(9-1-3-10(4-2-9)16(19)20)17-7-11-12(8-17)14-6-5-13(11)21-14/h1-4,11-14H,5-8H2,(H,19,20)/t11-,12-,13+,14+/m0/s1. The molecular formula is C16H17NO4. The van der Waals surface area contributed by atoms with E-state index in [0.29, 0.717) is 29.6 Å². The minimum atomic E-state index is -0.974. The van der Waals surface area contributed by atoms with E-state index in [-0.39, 0.29) is 11.5 Å². The summed E-state index contributed by atoms with van der Waals surface area (Å²) in [6.07, 6.45) is 2.93. The number of amides is 1. The highest BCUT2D eigenvalue weighted by Crippen LogP contribution is 2.47. The summed E-state index contributed by atoms with van der Waals surface area (Å²) in [7, 11) is 0. The Hall–Kier alpha value is -1.88. The number of carbonyl (C=O) groups excluding carboxylic acids is 1. The molecule has 0 radical (unpaired) electrons. The Labute approximate surface area is 122 Å². The van der Waals surface area contributed by atoms with Crippen molar-refractivity contribution in [2.24, 2.45) is 11.8 Å². The molecule has 3 heterocycles. The zero-order valence-corrected chi connectivity index (χ0v) is 11.6. The molecule has 3 fully saturated rings. The summed E-state index contributed by atoms with van der Waals surface area (Å²) in [6.45, 7) is 1.54. The first-order chi connectivity index (χ1) is 10.1. The summed E-state index contributed by atoms with van der Waals surface area (Å²) >= 11 is 0. The van der Waals surface area contributed by atoms with Crippen LogP contribution in [-0.4, -0.2) is 47.2 Å². The van der Waals surface area contributed by atoms with Gasteiger partial charge in [-0.1, -0.05) is 0 Å². The van der Waals surface area contributed by atoms with Crippen LogP contribution >= 0.6 is 0 Å². The van der Waals surface area contributed by atoms with Gasteiger partial charge in [-0.25, -0.2) is 4.79 Å². The van der Waals surface area contributed by atoms with Crippen LogP contribution in [0.2, 0.25) is 0 Å². The van der Waals surface area contributed by atoms with Crippen LogP contribution in [0.4, 0.5) is 0 Å². The van der Waals surface area contributed by atoms with Gasteiger partial charge in [0.25, 0.3) is 5.91 Å². The third-order valence-electron chi connectivity index (χ3n) is 5.12. The monoisotopic (exact) mass is 287 g/mol. The van der Waals surface area contributed by atoms with Crippen molar-refractivity contribution in [3.8, 4) is 0 Å². The van der Waals surface area contributed by atoms with Crippen molar-refractivity contribution in [1.29, 1.82) is 0 Å². The summed E-state index contributed by atoms with van der Waals surface area (Å²) in [5, 5.41) is 8.89. The van der Waals surface area contributed by atoms with Crippen molar-refractivity contribution in [2.75, 3.05) is 13.1 Å². The lowest BCUT2D eigenvalue weighted by molar-refractivity contribution is 0.0592. The lowest BCUT2D eigenvalue weighted by atomic mass is 9.82. The molecule has 3 saturated heterocycles. The summed E-state index contributed by atoms with van der Waals surface area (Å²) in [5.74, 6) is 0.0103. The van der Waals surface area contributed by atoms with Crippen LogP contribution in [0.15, 0.2) is 24.3 Å². The molecule has 5 nitrogen and oxygen atoms in total. The maximum absolute atomic E-state index is 12.5. The third-order valence-corrected chi connectivity index (χ3v) is 5.12. The summed E-state index contributed by atoms with van der Waals surface area (Å²) in [6, 6.07) is 6.18. The predicted octanol–water partition coefficient (Wildman–Crippen LogP) is 1.63. The fourth-order valence-electron chi connectivity index (χ4n) is 4.06. The second-order valence-electron chi connectivity index (χ2n) is 6.21. The molecule has 1 amide bonds. The van der Waals surface area contributed by atoms with Gasteiger partial charge in [-0.05, 0) is 37.1 Å². The molecule has 0 spiro atoms. The van der Waals surface area contributed by atoms with Crippen LogP contribution in [0.5, 0.6) is 0 Å². The number of aromatic carboxylic acids is 1. The Kier molecular flexibility index (Phi) is 2.79. The Morgan fingerprint density at radius 1 is 1.00 bits per heavy atom. The molecule has 1 aromatic carbocycles. The first-order valence-electron chi connectivity index (χ1n) is 7.41. The maximum atomic E-state index is 12.5. The molecule has 4 rings (SSSR count). The molecule has 3 aliphatic rings. The van der Waals surface area contributed by atoms with Gasteiger partial charge in [0.2, 0.25) is 0 Å².